The Hall–Kier alpha value is -2.63. The van der Waals surface area contributed by atoms with Gasteiger partial charge in [-0.2, -0.15) is 5.26 Å². The fourth-order valence-corrected chi connectivity index (χ4v) is 4.13. The average Bonchev–Trinajstić information content (AvgIpc) is 2.89. The first kappa shape index (κ1) is 20.1. The third-order valence-corrected chi connectivity index (χ3v) is 5.45. The molecule has 1 spiro atoms. The third-order valence-electron chi connectivity index (χ3n) is 5.45. The van der Waals surface area contributed by atoms with Crippen LogP contribution in [0, 0.1) is 17.2 Å². The van der Waals surface area contributed by atoms with Crippen LogP contribution >= 0.6 is 0 Å². The van der Waals surface area contributed by atoms with Crippen molar-refractivity contribution in [2.24, 2.45) is 5.92 Å². The number of benzene rings is 1. The van der Waals surface area contributed by atoms with Crippen molar-refractivity contribution in [1.29, 1.82) is 5.26 Å². The number of nitrogens with zero attached hydrogens (tertiary/aromatic N) is 3. The van der Waals surface area contributed by atoms with Gasteiger partial charge in [0.25, 0.3) is 0 Å². The molecule has 2 aliphatic heterocycles. The fourth-order valence-electron chi connectivity index (χ4n) is 4.13. The van der Waals surface area contributed by atoms with Crippen molar-refractivity contribution >= 4 is 12.1 Å². The number of piperidine rings is 1. The van der Waals surface area contributed by atoms with E-state index in [1.165, 1.54) is 5.06 Å². The van der Waals surface area contributed by atoms with E-state index in [1.807, 2.05) is 23.1 Å². The van der Waals surface area contributed by atoms with Gasteiger partial charge in [0.1, 0.15) is 0 Å². The van der Waals surface area contributed by atoms with Gasteiger partial charge in [-0.15, -0.1) is 5.06 Å². The molecule has 0 aliphatic carbocycles. The summed E-state index contributed by atoms with van der Waals surface area (Å²) < 4.78 is 0. The summed E-state index contributed by atoms with van der Waals surface area (Å²) in [6, 6.07) is 9.22. The SMILES string of the molecule is CC(C)CC1NC2(CCN(OC(=O)O)CC2)N(Cc2ccccc2C#N)C1=O. The van der Waals surface area contributed by atoms with Crippen molar-refractivity contribution in [3.8, 4) is 6.07 Å². The molecular weight excluding hydrogens is 360 g/mol. The first-order valence-electron chi connectivity index (χ1n) is 9.57. The van der Waals surface area contributed by atoms with Crippen LogP contribution in [0.5, 0.6) is 0 Å². The van der Waals surface area contributed by atoms with E-state index in [9.17, 15) is 14.9 Å². The number of carbonyl (C=O) groups is 2. The van der Waals surface area contributed by atoms with Crippen LogP contribution in [0.25, 0.3) is 0 Å². The molecule has 0 radical (unpaired) electrons. The Morgan fingerprint density at radius 3 is 2.68 bits per heavy atom. The lowest BCUT2D eigenvalue weighted by atomic mass is 9.95. The Morgan fingerprint density at radius 2 is 2.07 bits per heavy atom. The largest absolute Gasteiger partial charge is 0.525 e. The van der Waals surface area contributed by atoms with Gasteiger partial charge in [0, 0.05) is 32.5 Å². The summed E-state index contributed by atoms with van der Waals surface area (Å²) in [5.74, 6) is 0.398. The van der Waals surface area contributed by atoms with E-state index in [-0.39, 0.29) is 11.9 Å². The molecule has 1 amide bonds. The zero-order valence-electron chi connectivity index (χ0n) is 16.2. The quantitative estimate of drug-likeness (QED) is 0.800. The Bertz CT molecular complexity index is 781. The Balaban J connectivity index is 1.84. The first-order chi connectivity index (χ1) is 13.3. The average molecular weight is 386 g/mol. The second kappa shape index (κ2) is 8.17. The number of amides is 1. The minimum absolute atomic E-state index is 0.0362. The second-order valence-electron chi connectivity index (χ2n) is 7.84. The molecule has 1 aromatic carbocycles. The summed E-state index contributed by atoms with van der Waals surface area (Å²) in [5, 5.41) is 23.2. The van der Waals surface area contributed by atoms with Crippen LogP contribution in [0.1, 0.15) is 44.2 Å². The molecule has 1 atom stereocenters. The molecule has 3 rings (SSSR count). The van der Waals surface area contributed by atoms with Gasteiger partial charge in [-0.25, -0.2) is 4.79 Å². The Kier molecular flexibility index (Phi) is 5.87. The van der Waals surface area contributed by atoms with Gasteiger partial charge < -0.3 is 14.8 Å². The highest BCUT2D eigenvalue weighted by Gasteiger charge is 2.51. The van der Waals surface area contributed by atoms with Crippen LogP contribution in [0.15, 0.2) is 24.3 Å². The van der Waals surface area contributed by atoms with Gasteiger partial charge in [-0.1, -0.05) is 32.0 Å². The second-order valence-corrected chi connectivity index (χ2v) is 7.84. The summed E-state index contributed by atoms with van der Waals surface area (Å²) in [6.45, 7) is 5.32. The predicted octanol–water partition coefficient (Wildman–Crippen LogP) is 2.31. The predicted molar refractivity (Wildman–Crippen MR) is 101 cm³/mol. The highest BCUT2D eigenvalue weighted by Crippen LogP contribution is 2.35. The van der Waals surface area contributed by atoms with E-state index in [4.69, 9.17) is 9.94 Å². The number of hydroxylamine groups is 2. The van der Waals surface area contributed by atoms with E-state index >= 15 is 0 Å². The highest BCUT2D eigenvalue weighted by atomic mass is 16.8. The van der Waals surface area contributed by atoms with E-state index in [0.717, 1.165) is 12.0 Å². The zero-order valence-corrected chi connectivity index (χ0v) is 16.2. The number of nitriles is 1. The van der Waals surface area contributed by atoms with Crippen LogP contribution in [-0.4, -0.2) is 51.9 Å². The number of carbonyl (C=O) groups excluding carboxylic acids is 1. The maximum Gasteiger partial charge on any atom is 0.525 e. The van der Waals surface area contributed by atoms with Gasteiger partial charge in [0.2, 0.25) is 5.91 Å². The first-order valence-corrected chi connectivity index (χ1v) is 9.57. The fraction of sp³-hybridized carbons (Fsp3) is 0.550. The molecule has 2 fully saturated rings. The van der Waals surface area contributed by atoms with Crippen LogP contribution in [0.3, 0.4) is 0 Å². The van der Waals surface area contributed by atoms with Gasteiger partial charge in [-0.3, -0.25) is 10.1 Å². The molecule has 0 aromatic heterocycles. The van der Waals surface area contributed by atoms with E-state index in [2.05, 4.69) is 25.2 Å². The van der Waals surface area contributed by atoms with Gasteiger partial charge >= 0.3 is 6.16 Å². The molecule has 8 heteroatoms. The third kappa shape index (κ3) is 4.11. The zero-order chi connectivity index (χ0) is 20.3. The van der Waals surface area contributed by atoms with E-state index in [1.54, 1.807) is 6.07 Å². The molecule has 1 aromatic rings. The van der Waals surface area contributed by atoms with Crippen molar-refractivity contribution in [1.82, 2.24) is 15.3 Å². The number of rotatable bonds is 5. The van der Waals surface area contributed by atoms with Crippen LogP contribution in [-0.2, 0) is 16.2 Å². The molecule has 2 saturated heterocycles. The summed E-state index contributed by atoms with van der Waals surface area (Å²) in [4.78, 5) is 30.6. The lowest BCUT2D eigenvalue weighted by Crippen LogP contribution is -2.58. The number of hydrogen-bond acceptors (Lipinski definition) is 6. The van der Waals surface area contributed by atoms with Crippen molar-refractivity contribution < 1.29 is 19.5 Å². The normalized spacial score (nSPS) is 21.9. The molecule has 2 heterocycles. The molecule has 1 unspecified atom stereocenters. The monoisotopic (exact) mass is 386 g/mol. The van der Waals surface area contributed by atoms with E-state index in [0.29, 0.717) is 44.0 Å². The topological polar surface area (TPSA) is 106 Å². The molecule has 150 valence electrons. The molecule has 2 aliphatic rings. The van der Waals surface area contributed by atoms with Crippen LogP contribution in [0.4, 0.5) is 4.79 Å². The minimum atomic E-state index is -1.33. The van der Waals surface area contributed by atoms with Gasteiger partial charge in [0.15, 0.2) is 0 Å². The Labute approximate surface area is 164 Å². The molecule has 0 saturated carbocycles. The van der Waals surface area contributed by atoms with Crippen LogP contribution in [0.2, 0.25) is 0 Å². The maximum absolute atomic E-state index is 13.2. The standard InChI is InChI=1S/C20H26N4O4/c1-14(2)11-17-18(25)24(13-16-6-4-3-5-15(16)12-21)20(22-17)7-9-23(10-8-20)28-19(26)27/h3-6,14,17,22H,7-11,13H2,1-2H3,(H,26,27). The van der Waals surface area contributed by atoms with E-state index < -0.39 is 11.8 Å². The smallest absolute Gasteiger partial charge is 0.448 e. The minimum Gasteiger partial charge on any atom is -0.448 e. The van der Waals surface area contributed by atoms with Crippen molar-refractivity contribution in [2.75, 3.05) is 13.1 Å². The van der Waals surface area contributed by atoms with Crippen LogP contribution < -0.4 is 5.32 Å². The molecular formula is C20H26N4O4. The summed E-state index contributed by atoms with van der Waals surface area (Å²) >= 11 is 0. The molecule has 28 heavy (non-hydrogen) atoms. The highest BCUT2D eigenvalue weighted by molar-refractivity contribution is 5.85. The Morgan fingerprint density at radius 1 is 1.39 bits per heavy atom. The van der Waals surface area contributed by atoms with Crippen molar-refractivity contribution in [3.05, 3.63) is 35.4 Å². The summed E-state index contributed by atoms with van der Waals surface area (Å²) in [6.07, 6.45) is 0.501. The van der Waals surface area contributed by atoms with Gasteiger partial charge in [0.05, 0.1) is 23.3 Å². The molecule has 2 N–H and O–H groups in total. The maximum atomic E-state index is 13.2. The summed E-state index contributed by atoms with van der Waals surface area (Å²) in [5.41, 5.74) is 0.816. The lowest BCUT2D eigenvalue weighted by Gasteiger charge is -2.43. The molecule has 0 bridgehead atoms. The number of nitrogens with one attached hydrogen (secondary N) is 1. The van der Waals surface area contributed by atoms with Crippen molar-refractivity contribution in [2.45, 2.75) is 51.4 Å². The number of carboxylic acid groups (broad SMARTS) is 1. The van der Waals surface area contributed by atoms with Gasteiger partial charge in [-0.05, 0) is 24.0 Å². The molecule has 8 nitrogen and oxygen atoms in total. The van der Waals surface area contributed by atoms with Crippen molar-refractivity contribution in [3.63, 3.8) is 0 Å². The number of hydrogen-bond donors (Lipinski definition) is 2. The lowest BCUT2D eigenvalue weighted by molar-refractivity contribution is -0.157. The summed E-state index contributed by atoms with van der Waals surface area (Å²) in [7, 11) is 0.